The zero-order valence-electron chi connectivity index (χ0n) is 23.7. The van der Waals surface area contributed by atoms with E-state index in [0.717, 1.165) is 36.7 Å². The molecule has 2 nitrogen and oxygen atoms in total. The maximum atomic E-state index is 4.81. The van der Waals surface area contributed by atoms with Crippen molar-refractivity contribution in [2.75, 3.05) is 0 Å². The van der Waals surface area contributed by atoms with Crippen molar-refractivity contribution in [1.29, 1.82) is 0 Å². The van der Waals surface area contributed by atoms with Crippen LogP contribution in [0.1, 0.15) is 69.5 Å². The van der Waals surface area contributed by atoms with Gasteiger partial charge < -0.3 is 0 Å². The summed E-state index contributed by atoms with van der Waals surface area (Å²) in [5, 5.41) is 4.38. The average Bonchev–Trinajstić information content (AvgIpc) is 3.83. The number of aryl methyl sites for hydroxylation is 4. The van der Waals surface area contributed by atoms with Crippen LogP contribution in [0.4, 0.5) is 0 Å². The molecule has 1 aromatic carbocycles. The molecule has 0 bridgehead atoms. The normalized spacial score (nSPS) is 12.1. The molecule has 0 aliphatic carbocycles. The number of rotatable bonds is 10. The summed E-state index contributed by atoms with van der Waals surface area (Å²) in [5.74, 6) is 0. The molecule has 0 unspecified atom stereocenters. The van der Waals surface area contributed by atoms with Crippen molar-refractivity contribution in [2.24, 2.45) is 0 Å². The van der Waals surface area contributed by atoms with Crippen LogP contribution >= 0.6 is 57.1 Å². The number of aromatic nitrogens is 2. The van der Waals surface area contributed by atoms with E-state index < -0.39 is 0 Å². The monoisotopic (exact) mass is 628 g/mol. The van der Waals surface area contributed by atoms with Crippen LogP contribution in [-0.2, 0) is 25.7 Å². The number of nitrogens with zero attached hydrogens (tertiary/aromatic N) is 2. The van der Waals surface area contributed by atoms with Gasteiger partial charge in [-0.25, -0.2) is 0 Å². The second kappa shape index (κ2) is 12.7. The van der Waals surface area contributed by atoms with Crippen LogP contribution in [0.25, 0.3) is 56.2 Å². The van der Waals surface area contributed by atoms with Gasteiger partial charge in [0.05, 0.1) is 11.7 Å². The molecular formula is C34H32N2S5. The Balaban J connectivity index is 1.35. The maximum absolute atomic E-state index is 4.81. The van der Waals surface area contributed by atoms with E-state index in [2.05, 4.69) is 99.2 Å². The Kier molecular flexibility index (Phi) is 8.79. The largest absolute Gasteiger partial charge is 0.172 e. The summed E-state index contributed by atoms with van der Waals surface area (Å²) >= 11 is 8.67. The molecule has 5 aromatic heterocycles. The van der Waals surface area contributed by atoms with E-state index in [0.29, 0.717) is 0 Å². The van der Waals surface area contributed by atoms with Crippen LogP contribution < -0.4 is 0 Å². The molecule has 6 rings (SSSR count). The van der Waals surface area contributed by atoms with Crippen molar-refractivity contribution in [1.82, 2.24) is 8.75 Å². The molecule has 0 N–H and O–H groups in total. The average molecular weight is 629 g/mol. The summed E-state index contributed by atoms with van der Waals surface area (Å²) in [6.45, 7) is 8.93. The molecule has 7 heteroatoms. The third-order valence-corrected chi connectivity index (χ3v) is 12.2. The summed E-state index contributed by atoms with van der Waals surface area (Å²) in [6.07, 6.45) is 13.3. The van der Waals surface area contributed by atoms with Gasteiger partial charge in [-0.3, -0.25) is 0 Å². The van der Waals surface area contributed by atoms with Gasteiger partial charge in [0.2, 0.25) is 0 Å². The molecule has 0 atom stereocenters. The molecule has 0 saturated heterocycles. The van der Waals surface area contributed by atoms with Gasteiger partial charge in [0.1, 0.15) is 11.0 Å². The van der Waals surface area contributed by atoms with Gasteiger partial charge in [-0.15, -0.1) is 45.3 Å². The summed E-state index contributed by atoms with van der Waals surface area (Å²) in [4.78, 5) is 7.91. The number of hydrogen-bond donors (Lipinski definition) is 0. The van der Waals surface area contributed by atoms with Crippen molar-refractivity contribution >= 4 is 92.4 Å². The molecule has 0 aliphatic heterocycles. The van der Waals surface area contributed by atoms with E-state index in [9.17, 15) is 0 Å². The van der Waals surface area contributed by atoms with E-state index in [4.69, 9.17) is 8.75 Å². The molecule has 0 aliphatic rings. The minimum Gasteiger partial charge on any atom is -0.172 e. The predicted molar refractivity (Wildman–Crippen MR) is 188 cm³/mol. The molecule has 0 spiro atoms. The minimum absolute atomic E-state index is 1.01. The number of thiophene rings is 4. The molecule has 208 valence electrons. The molecule has 41 heavy (non-hydrogen) atoms. The lowest BCUT2D eigenvalue weighted by molar-refractivity contribution is 1.15. The van der Waals surface area contributed by atoms with E-state index in [1.165, 1.54) is 74.4 Å². The zero-order valence-corrected chi connectivity index (χ0v) is 27.8. The van der Waals surface area contributed by atoms with Crippen molar-refractivity contribution < 1.29 is 0 Å². The van der Waals surface area contributed by atoms with Crippen molar-refractivity contribution in [2.45, 2.75) is 53.4 Å². The smallest absolute Gasteiger partial charge is 0.114 e. The fourth-order valence-electron chi connectivity index (χ4n) is 5.12. The lowest BCUT2D eigenvalue weighted by Crippen LogP contribution is -1.82. The highest BCUT2D eigenvalue weighted by Gasteiger charge is 2.18. The number of fused-ring (bicyclic) bond motifs is 1. The lowest BCUT2D eigenvalue weighted by Gasteiger charge is -2.03. The third-order valence-electron chi connectivity index (χ3n) is 7.49. The van der Waals surface area contributed by atoms with Crippen LogP contribution in [0.3, 0.4) is 0 Å². The first-order valence-corrected chi connectivity index (χ1v) is 18.3. The highest BCUT2D eigenvalue weighted by atomic mass is 32.1. The van der Waals surface area contributed by atoms with Crippen LogP contribution in [0.15, 0.2) is 47.2 Å². The maximum Gasteiger partial charge on any atom is 0.114 e. The highest BCUT2D eigenvalue weighted by Crippen LogP contribution is 2.42. The second-order valence-electron chi connectivity index (χ2n) is 9.82. The molecule has 0 amide bonds. The first-order valence-electron chi connectivity index (χ1n) is 14.1. The Labute approximate surface area is 262 Å². The van der Waals surface area contributed by atoms with Gasteiger partial charge in [0, 0.05) is 40.4 Å². The Morgan fingerprint density at radius 2 is 0.951 bits per heavy atom. The van der Waals surface area contributed by atoms with Gasteiger partial charge in [-0.2, -0.15) is 8.75 Å². The van der Waals surface area contributed by atoms with E-state index in [-0.39, 0.29) is 0 Å². The van der Waals surface area contributed by atoms with Crippen molar-refractivity contribution in [3.63, 3.8) is 0 Å². The summed E-state index contributed by atoms with van der Waals surface area (Å²) in [5.41, 5.74) is 9.98. The van der Waals surface area contributed by atoms with Gasteiger partial charge in [0.25, 0.3) is 0 Å². The Morgan fingerprint density at radius 3 is 1.37 bits per heavy atom. The van der Waals surface area contributed by atoms with E-state index >= 15 is 0 Å². The van der Waals surface area contributed by atoms with Crippen LogP contribution in [0, 0.1) is 0 Å². The number of benzene rings is 1. The van der Waals surface area contributed by atoms with Gasteiger partial charge in [-0.05, 0) is 107 Å². The Morgan fingerprint density at radius 1 is 0.537 bits per heavy atom. The molecular weight excluding hydrogens is 597 g/mol. The van der Waals surface area contributed by atoms with Crippen LogP contribution in [0.5, 0.6) is 0 Å². The molecule has 5 heterocycles. The first-order chi connectivity index (χ1) is 20.1. The van der Waals surface area contributed by atoms with E-state index in [1.807, 2.05) is 45.3 Å². The first kappa shape index (κ1) is 28.4. The van der Waals surface area contributed by atoms with E-state index in [1.54, 1.807) is 0 Å². The zero-order chi connectivity index (χ0) is 28.3. The fraction of sp³-hybridized carbons (Fsp3) is 0.235. The van der Waals surface area contributed by atoms with Gasteiger partial charge >= 0.3 is 0 Å². The minimum atomic E-state index is 1.01. The predicted octanol–water partition coefficient (Wildman–Crippen LogP) is 11.9. The van der Waals surface area contributed by atoms with Crippen molar-refractivity contribution in [3.8, 4) is 20.9 Å². The Bertz CT molecular complexity index is 1720. The quantitative estimate of drug-likeness (QED) is 0.151. The van der Waals surface area contributed by atoms with Crippen LogP contribution in [-0.4, -0.2) is 8.75 Å². The lowest BCUT2D eigenvalue weighted by atomic mass is 10.0. The van der Waals surface area contributed by atoms with Gasteiger partial charge in [0.15, 0.2) is 0 Å². The topological polar surface area (TPSA) is 25.8 Å². The molecule has 6 aromatic rings. The summed E-state index contributed by atoms with van der Waals surface area (Å²) in [6, 6.07) is 13.7. The Hall–Kier alpha value is -2.68. The highest BCUT2D eigenvalue weighted by molar-refractivity contribution is 7.17. The fourth-order valence-corrected chi connectivity index (χ4v) is 9.84. The molecule has 0 radical (unpaired) electrons. The summed E-state index contributed by atoms with van der Waals surface area (Å²) < 4.78 is 9.61. The molecule has 0 fully saturated rings. The second-order valence-corrected chi connectivity index (χ2v) is 14.4. The van der Waals surface area contributed by atoms with Gasteiger partial charge in [-0.1, -0.05) is 39.8 Å². The molecule has 0 saturated carbocycles. The number of hydrogen-bond acceptors (Lipinski definition) is 7. The third kappa shape index (κ3) is 5.71. The van der Waals surface area contributed by atoms with Crippen molar-refractivity contribution in [3.05, 3.63) is 88.9 Å². The summed E-state index contributed by atoms with van der Waals surface area (Å²) in [7, 11) is 0. The SMILES string of the molecule is CCc1ccsc1/C=C/c1sc(-c2ccc(-c3cc(CC)c(/C=C/c4sccc4CC)s3)c3nsnc23)cc1CC. The van der Waals surface area contributed by atoms with Crippen LogP contribution in [0.2, 0.25) is 0 Å². The standard InChI is InChI=1S/C34H32N2S5/c1-5-21-15-17-37-27(21)11-13-29-23(7-3)19-31(39-29)25-9-10-26(34-33(25)35-41-36-34)32-20-24(8-4)30(40-32)14-12-28-22(6-2)16-18-38-28/h9-20H,5-8H2,1-4H3/b13-11+,14-12+.